The average molecular weight is 347 g/mol. The van der Waals surface area contributed by atoms with Crippen molar-refractivity contribution < 1.29 is 14.6 Å². The fourth-order valence-electron chi connectivity index (χ4n) is 2.70. The molecule has 2 aromatic carbocycles. The molecule has 2 aromatic rings. The molecule has 0 saturated carbocycles. The van der Waals surface area contributed by atoms with E-state index in [0.29, 0.717) is 18.1 Å². The minimum Gasteiger partial charge on any atom is -0.465 e. The Morgan fingerprint density at radius 3 is 2.42 bits per heavy atom. The summed E-state index contributed by atoms with van der Waals surface area (Å²) in [5.74, 6) is 1.52. The van der Waals surface area contributed by atoms with E-state index >= 15 is 0 Å². The number of rotatable bonds is 4. The zero-order valence-electron chi connectivity index (χ0n) is 13.2. The van der Waals surface area contributed by atoms with Gasteiger partial charge in [-0.1, -0.05) is 23.7 Å². The van der Waals surface area contributed by atoms with Crippen LogP contribution >= 0.6 is 11.6 Å². The van der Waals surface area contributed by atoms with Crippen LogP contribution in [0.4, 0.5) is 4.79 Å². The van der Waals surface area contributed by atoms with Crippen LogP contribution < -0.4 is 4.74 Å². The summed E-state index contributed by atoms with van der Waals surface area (Å²) in [5.41, 5.74) is 1.14. The molecule has 0 atom stereocenters. The number of carboxylic acid groups (broad SMARTS) is 1. The van der Waals surface area contributed by atoms with Gasteiger partial charge >= 0.3 is 6.09 Å². The highest BCUT2D eigenvalue weighted by atomic mass is 35.5. The Morgan fingerprint density at radius 1 is 1.04 bits per heavy atom. The molecule has 0 unspecified atom stereocenters. The quantitative estimate of drug-likeness (QED) is 0.911. The highest BCUT2D eigenvalue weighted by Crippen LogP contribution is 2.24. The van der Waals surface area contributed by atoms with Gasteiger partial charge in [0.05, 0.1) is 0 Å². The summed E-state index contributed by atoms with van der Waals surface area (Å²) in [6, 6.07) is 15.2. The lowest BCUT2D eigenvalue weighted by Gasteiger charge is -2.33. The maximum atomic E-state index is 10.9. The molecule has 5 nitrogen and oxygen atoms in total. The second-order valence-corrected chi connectivity index (χ2v) is 6.19. The van der Waals surface area contributed by atoms with Crippen molar-refractivity contribution in [2.24, 2.45) is 0 Å². The van der Waals surface area contributed by atoms with Crippen molar-refractivity contribution in [2.75, 3.05) is 26.2 Å². The molecule has 0 aliphatic carbocycles. The average Bonchev–Trinajstić information content (AvgIpc) is 2.58. The Balaban J connectivity index is 1.59. The van der Waals surface area contributed by atoms with Crippen LogP contribution in [0.2, 0.25) is 5.02 Å². The molecule has 1 saturated heterocycles. The fourth-order valence-corrected chi connectivity index (χ4v) is 2.83. The van der Waals surface area contributed by atoms with Crippen molar-refractivity contribution >= 4 is 17.7 Å². The minimum atomic E-state index is -0.840. The molecule has 0 spiro atoms. The van der Waals surface area contributed by atoms with Crippen LogP contribution in [0.15, 0.2) is 48.5 Å². The lowest BCUT2D eigenvalue weighted by molar-refractivity contribution is 0.103. The lowest BCUT2D eigenvalue weighted by atomic mass is 10.2. The van der Waals surface area contributed by atoms with E-state index < -0.39 is 6.09 Å². The molecule has 1 fully saturated rings. The summed E-state index contributed by atoms with van der Waals surface area (Å²) in [4.78, 5) is 14.6. The number of halogens is 1. The molecule has 1 aliphatic heterocycles. The van der Waals surface area contributed by atoms with E-state index in [1.807, 2.05) is 30.3 Å². The number of benzene rings is 2. The van der Waals surface area contributed by atoms with Gasteiger partial charge in [0, 0.05) is 37.7 Å². The third-order valence-corrected chi connectivity index (χ3v) is 4.25. The second kappa shape index (κ2) is 7.55. The van der Waals surface area contributed by atoms with E-state index in [-0.39, 0.29) is 0 Å². The van der Waals surface area contributed by atoms with Crippen LogP contribution in [0, 0.1) is 0 Å². The monoisotopic (exact) mass is 346 g/mol. The van der Waals surface area contributed by atoms with Gasteiger partial charge in [-0.05, 0) is 42.0 Å². The van der Waals surface area contributed by atoms with E-state index in [4.69, 9.17) is 21.4 Å². The number of amides is 1. The van der Waals surface area contributed by atoms with Gasteiger partial charge < -0.3 is 14.7 Å². The van der Waals surface area contributed by atoms with Gasteiger partial charge in [0.2, 0.25) is 0 Å². The van der Waals surface area contributed by atoms with Gasteiger partial charge in [-0.15, -0.1) is 0 Å². The van der Waals surface area contributed by atoms with E-state index in [2.05, 4.69) is 11.0 Å². The molecule has 126 valence electrons. The number of piperazine rings is 1. The van der Waals surface area contributed by atoms with Crippen LogP contribution in [0.1, 0.15) is 5.56 Å². The summed E-state index contributed by atoms with van der Waals surface area (Å²) >= 11 is 5.88. The molecule has 1 aliphatic rings. The van der Waals surface area contributed by atoms with Crippen molar-refractivity contribution in [3.8, 4) is 11.5 Å². The summed E-state index contributed by atoms with van der Waals surface area (Å²) in [6.45, 7) is 3.38. The number of nitrogens with zero attached hydrogens (tertiary/aromatic N) is 2. The molecule has 0 radical (unpaired) electrons. The maximum Gasteiger partial charge on any atom is 0.407 e. The Kier molecular flexibility index (Phi) is 5.23. The highest BCUT2D eigenvalue weighted by molar-refractivity contribution is 6.30. The Bertz CT molecular complexity index is 698. The first kappa shape index (κ1) is 16.6. The van der Waals surface area contributed by atoms with Crippen LogP contribution in [0.3, 0.4) is 0 Å². The van der Waals surface area contributed by atoms with Crippen LogP contribution in [0.25, 0.3) is 0 Å². The standard InChI is InChI=1S/C18H19ClN2O3/c19-15-4-6-16(7-5-15)24-17-3-1-2-14(12-17)13-20-8-10-21(11-9-20)18(22)23/h1-7,12H,8-11,13H2,(H,22,23). The smallest absolute Gasteiger partial charge is 0.407 e. The number of ether oxygens (including phenoxy) is 1. The third-order valence-electron chi connectivity index (χ3n) is 4.00. The highest BCUT2D eigenvalue weighted by Gasteiger charge is 2.20. The minimum absolute atomic E-state index is 0.552. The molecule has 1 N–H and O–H groups in total. The van der Waals surface area contributed by atoms with Crippen molar-refractivity contribution in [1.29, 1.82) is 0 Å². The molecule has 24 heavy (non-hydrogen) atoms. The molecular formula is C18H19ClN2O3. The Labute approximate surface area is 146 Å². The van der Waals surface area contributed by atoms with Gasteiger partial charge in [0.1, 0.15) is 11.5 Å². The first-order chi connectivity index (χ1) is 11.6. The molecule has 6 heteroatoms. The third kappa shape index (κ3) is 4.40. The lowest BCUT2D eigenvalue weighted by Crippen LogP contribution is -2.47. The molecule has 1 amide bonds. The predicted molar refractivity (Wildman–Crippen MR) is 92.8 cm³/mol. The van der Waals surface area contributed by atoms with Gasteiger partial charge in [0.15, 0.2) is 0 Å². The first-order valence-corrected chi connectivity index (χ1v) is 8.20. The summed E-state index contributed by atoms with van der Waals surface area (Å²) in [6.07, 6.45) is -0.840. The molecular weight excluding hydrogens is 328 g/mol. The Morgan fingerprint density at radius 2 is 1.75 bits per heavy atom. The zero-order valence-corrected chi connectivity index (χ0v) is 13.9. The zero-order chi connectivity index (χ0) is 16.9. The summed E-state index contributed by atoms with van der Waals surface area (Å²) < 4.78 is 5.85. The van der Waals surface area contributed by atoms with E-state index in [1.165, 1.54) is 4.90 Å². The van der Waals surface area contributed by atoms with Crippen LogP contribution in [-0.4, -0.2) is 47.2 Å². The van der Waals surface area contributed by atoms with Crippen LogP contribution in [0.5, 0.6) is 11.5 Å². The van der Waals surface area contributed by atoms with Crippen molar-refractivity contribution in [3.05, 3.63) is 59.1 Å². The van der Waals surface area contributed by atoms with Crippen molar-refractivity contribution in [2.45, 2.75) is 6.54 Å². The number of hydrogen-bond donors (Lipinski definition) is 1. The predicted octanol–water partition coefficient (Wildman–Crippen LogP) is 3.93. The largest absolute Gasteiger partial charge is 0.465 e. The maximum absolute atomic E-state index is 10.9. The van der Waals surface area contributed by atoms with E-state index in [1.54, 1.807) is 12.1 Å². The normalized spacial score (nSPS) is 15.3. The van der Waals surface area contributed by atoms with Gasteiger partial charge in [-0.3, -0.25) is 4.90 Å². The SMILES string of the molecule is O=C(O)N1CCN(Cc2cccc(Oc3ccc(Cl)cc3)c2)CC1. The van der Waals surface area contributed by atoms with Crippen LogP contribution in [-0.2, 0) is 6.54 Å². The topological polar surface area (TPSA) is 53.0 Å². The van der Waals surface area contributed by atoms with Gasteiger partial charge in [-0.25, -0.2) is 4.79 Å². The number of carbonyl (C=O) groups is 1. The molecule has 0 aromatic heterocycles. The first-order valence-electron chi connectivity index (χ1n) is 7.83. The Hall–Kier alpha value is -2.24. The van der Waals surface area contributed by atoms with Crippen molar-refractivity contribution in [3.63, 3.8) is 0 Å². The summed E-state index contributed by atoms with van der Waals surface area (Å²) in [7, 11) is 0. The van der Waals surface area contributed by atoms with Crippen molar-refractivity contribution in [1.82, 2.24) is 9.80 Å². The molecule has 1 heterocycles. The van der Waals surface area contributed by atoms with Gasteiger partial charge in [-0.2, -0.15) is 0 Å². The van der Waals surface area contributed by atoms with E-state index in [0.717, 1.165) is 36.7 Å². The fraction of sp³-hybridized carbons (Fsp3) is 0.278. The second-order valence-electron chi connectivity index (χ2n) is 5.75. The summed E-state index contributed by atoms with van der Waals surface area (Å²) in [5, 5.41) is 9.67. The molecule has 0 bridgehead atoms. The van der Waals surface area contributed by atoms with E-state index in [9.17, 15) is 4.79 Å². The number of hydrogen-bond acceptors (Lipinski definition) is 3. The van der Waals surface area contributed by atoms with Gasteiger partial charge in [0.25, 0.3) is 0 Å². The molecule has 3 rings (SSSR count).